The molecule has 0 unspecified atom stereocenters. The van der Waals surface area contributed by atoms with Crippen LogP contribution in [0.2, 0.25) is 0 Å². The lowest BCUT2D eigenvalue weighted by Gasteiger charge is -2.31. The molecule has 3 nitrogen and oxygen atoms in total. The van der Waals surface area contributed by atoms with Crippen molar-refractivity contribution in [2.24, 2.45) is 0 Å². The third kappa shape index (κ3) is 1.03. The van der Waals surface area contributed by atoms with Crippen LogP contribution < -0.4 is 10.6 Å². The highest BCUT2D eigenvalue weighted by Gasteiger charge is 2.37. The first-order chi connectivity index (χ1) is 6.91. The van der Waals surface area contributed by atoms with Crippen molar-refractivity contribution in [3.63, 3.8) is 0 Å². The average Bonchev–Trinajstić information content (AvgIpc) is 2.68. The molecule has 1 aliphatic carbocycles. The molecule has 1 aromatic heterocycles. The number of hydrogen-bond acceptors (Lipinski definition) is 3. The predicted octanol–water partition coefficient (Wildman–Crippen LogP) is 0.844. The zero-order chi connectivity index (χ0) is 9.43. The van der Waals surface area contributed by atoms with Crippen LogP contribution in [-0.4, -0.2) is 18.2 Å². The smallest absolute Gasteiger partial charge is 0.0677 e. The van der Waals surface area contributed by atoms with Gasteiger partial charge in [-0.1, -0.05) is 12.1 Å². The monoisotopic (exact) mass is 187 g/mol. The van der Waals surface area contributed by atoms with Crippen LogP contribution in [0.25, 0.3) is 6.08 Å². The minimum absolute atomic E-state index is 0.0956. The first-order valence-corrected chi connectivity index (χ1v) is 4.99. The molecule has 0 saturated carbocycles. The second kappa shape index (κ2) is 2.90. The van der Waals surface area contributed by atoms with Crippen LogP contribution in [-0.2, 0) is 5.54 Å². The van der Waals surface area contributed by atoms with E-state index in [1.165, 1.54) is 5.56 Å². The van der Waals surface area contributed by atoms with Crippen LogP contribution in [0.3, 0.4) is 0 Å². The summed E-state index contributed by atoms with van der Waals surface area (Å²) in [5.74, 6) is 0. The number of rotatable bonds is 0. The molecule has 1 fully saturated rings. The third-order valence-electron chi connectivity index (χ3n) is 3.07. The second-order valence-electron chi connectivity index (χ2n) is 3.91. The highest BCUT2D eigenvalue weighted by molar-refractivity contribution is 5.55. The number of fused-ring (bicyclic) bond motifs is 2. The Hall–Kier alpha value is -1.19. The molecule has 2 aliphatic rings. The first-order valence-electron chi connectivity index (χ1n) is 4.99. The van der Waals surface area contributed by atoms with Gasteiger partial charge < -0.3 is 5.32 Å². The van der Waals surface area contributed by atoms with Gasteiger partial charge in [0.25, 0.3) is 0 Å². The van der Waals surface area contributed by atoms with E-state index in [9.17, 15) is 0 Å². The molecule has 0 bridgehead atoms. The van der Waals surface area contributed by atoms with Gasteiger partial charge in [-0.2, -0.15) is 0 Å². The van der Waals surface area contributed by atoms with Gasteiger partial charge in [-0.05, 0) is 24.1 Å². The standard InChI is InChI=1S/C11H13N3/c1-4-10-9(3-2-6-13-10)11(5-1)7-12-8-14-11/h1-4,6,12,14H,5,7-8H2/t11-/m0/s1. The number of nitrogens with one attached hydrogen (secondary N) is 2. The highest BCUT2D eigenvalue weighted by Crippen LogP contribution is 2.33. The largest absolute Gasteiger partial charge is 0.302 e. The quantitative estimate of drug-likeness (QED) is 0.632. The van der Waals surface area contributed by atoms with Gasteiger partial charge in [0.1, 0.15) is 0 Å². The Morgan fingerprint density at radius 1 is 1.43 bits per heavy atom. The maximum atomic E-state index is 4.38. The molecular formula is C11H13N3. The van der Waals surface area contributed by atoms with E-state index < -0.39 is 0 Å². The zero-order valence-electron chi connectivity index (χ0n) is 7.96. The molecule has 1 atom stereocenters. The summed E-state index contributed by atoms with van der Waals surface area (Å²) in [6.45, 7) is 1.89. The van der Waals surface area contributed by atoms with Gasteiger partial charge in [0.05, 0.1) is 11.2 Å². The molecule has 3 rings (SSSR count). The molecule has 0 aromatic carbocycles. The predicted molar refractivity (Wildman–Crippen MR) is 55.6 cm³/mol. The maximum Gasteiger partial charge on any atom is 0.0677 e. The molecule has 0 radical (unpaired) electrons. The summed E-state index contributed by atoms with van der Waals surface area (Å²) in [7, 11) is 0. The first kappa shape index (κ1) is 8.15. The second-order valence-corrected chi connectivity index (χ2v) is 3.91. The fourth-order valence-corrected chi connectivity index (χ4v) is 2.34. The van der Waals surface area contributed by atoms with Gasteiger partial charge >= 0.3 is 0 Å². The molecule has 1 spiro atoms. The lowest BCUT2D eigenvalue weighted by atomic mass is 9.83. The molecule has 1 aromatic rings. The van der Waals surface area contributed by atoms with E-state index in [0.29, 0.717) is 0 Å². The molecular weight excluding hydrogens is 174 g/mol. The summed E-state index contributed by atoms with van der Waals surface area (Å²) in [4.78, 5) is 4.38. The summed E-state index contributed by atoms with van der Waals surface area (Å²) >= 11 is 0. The SMILES string of the molecule is C1=Cc2ncccc2[C@]2(C1)CNCN2. The zero-order valence-corrected chi connectivity index (χ0v) is 7.96. The van der Waals surface area contributed by atoms with E-state index in [2.05, 4.69) is 33.8 Å². The molecule has 1 saturated heterocycles. The van der Waals surface area contributed by atoms with Gasteiger partial charge in [0, 0.05) is 19.4 Å². The van der Waals surface area contributed by atoms with Crippen molar-refractivity contribution < 1.29 is 0 Å². The molecule has 2 N–H and O–H groups in total. The van der Waals surface area contributed by atoms with Gasteiger partial charge in [-0.25, -0.2) is 0 Å². The minimum atomic E-state index is 0.0956. The van der Waals surface area contributed by atoms with Crippen LogP contribution in [0.5, 0.6) is 0 Å². The average molecular weight is 187 g/mol. The van der Waals surface area contributed by atoms with E-state index in [-0.39, 0.29) is 5.54 Å². The van der Waals surface area contributed by atoms with Crippen molar-refractivity contribution in [2.75, 3.05) is 13.2 Å². The molecule has 72 valence electrons. The summed E-state index contributed by atoms with van der Waals surface area (Å²) in [5.41, 5.74) is 2.53. The van der Waals surface area contributed by atoms with E-state index >= 15 is 0 Å². The highest BCUT2D eigenvalue weighted by atomic mass is 15.2. The van der Waals surface area contributed by atoms with Gasteiger partial charge in [-0.3, -0.25) is 10.3 Å². The topological polar surface area (TPSA) is 37.0 Å². The van der Waals surface area contributed by atoms with Crippen LogP contribution >= 0.6 is 0 Å². The normalized spacial score (nSPS) is 29.4. The van der Waals surface area contributed by atoms with Crippen molar-refractivity contribution in [1.29, 1.82) is 0 Å². The summed E-state index contributed by atoms with van der Waals surface area (Å²) in [6.07, 6.45) is 7.22. The third-order valence-corrected chi connectivity index (χ3v) is 3.07. The van der Waals surface area contributed by atoms with Crippen molar-refractivity contribution in [3.8, 4) is 0 Å². The Morgan fingerprint density at radius 2 is 2.43 bits per heavy atom. The fraction of sp³-hybridized carbons (Fsp3) is 0.364. The number of hydrogen-bond donors (Lipinski definition) is 2. The van der Waals surface area contributed by atoms with Crippen LogP contribution in [0.1, 0.15) is 17.7 Å². The molecule has 0 amide bonds. The van der Waals surface area contributed by atoms with E-state index in [1.54, 1.807) is 0 Å². The van der Waals surface area contributed by atoms with Gasteiger partial charge in [0.2, 0.25) is 0 Å². The Bertz CT molecular complexity index is 378. The molecule has 1 aliphatic heterocycles. The van der Waals surface area contributed by atoms with Crippen molar-refractivity contribution in [2.45, 2.75) is 12.0 Å². The minimum Gasteiger partial charge on any atom is -0.302 e. The molecule has 2 heterocycles. The van der Waals surface area contributed by atoms with Crippen LogP contribution in [0, 0.1) is 0 Å². The van der Waals surface area contributed by atoms with Crippen molar-refractivity contribution >= 4 is 6.08 Å². The number of aromatic nitrogens is 1. The lowest BCUT2D eigenvalue weighted by molar-refractivity contribution is 0.414. The van der Waals surface area contributed by atoms with E-state index in [1.807, 2.05) is 12.3 Å². The molecule has 14 heavy (non-hydrogen) atoms. The van der Waals surface area contributed by atoms with Crippen LogP contribution in [0.15, 0.2) is 24.4 Å². The summed E-state index contributed by atoms with van der Waals surface area (Å²) < 4.78 is 0. The van der Waals surface area contributed by atoms with Gasteiger partial charge in [0.15, 0.2) is 0 Å². The number of pyridine rings is 1. The summed E-state index contributed by atoms with van der Waals surface area (Å²) in [5, 5.41) is 6.88. The maximum absolute atomic E-state index is 4.38. The Balaban J connectivity index is 2.15. The van der Waals surface area contributed by atoms with E-state index in [0.717, 1.165) is 25.3 Å². The fourth-order valence-electron chi connectivity index (χ4n) is 2.34. The Morgan fingerprint density at radius 3 is 3.29 bits per heavy atom. The lowest BCUT2D eigenvalue weighted by Crippen LogP contribution is -2.40. The molecule has 3 heteroatoms. The van der Waals surface area contributed by atoms with Crippen molar-refractivity contribution in [3.05, 3.63) is 35.7 Å². The number of nitrogens with zero attached hydrogens (tertiary/aromatic N) is 1. The Kier molecular flexibility index (Phi) is 1.69. The summed E-state index contributed by atoms with van der Waals surface area (Å²) in [6, 6.07) is 4.19. The van der Waals surface area contributed by atoms with Gasteiger partial charge in [-0.15, -0.1) is 0 Å². The van der Waals surface area contributed by atoms with Crippen molar-refractivity contribution in [1.82, 2.24) is 15.6 Å². The van der Waals surface area contributed by atoms with Crippen LogP contribution in [0.4, 0.5) is 0 Å². The van der Waals surface area contributed by atoms with E-state index in [4.69, 9.17) is 0 Å². The Labute approximate surface area is 83.2 Å².